The Labute approximate surface area is 191 Å². The number of aliphatic hydroxyl groups is 1. The maximum Gasteiger partial charge on any atom is 0.235 e. The highest BCUT2D eigenvalue weighted by atomic mass is 16.3. The number of benzene rings is 2. The standard InChI is InChI=1S/C26H25N3O4/c1-26(33)16-20(30)22(24(31)28-17-10-4-2-5-11-17)21(19-14-8-9-15-27-19)23(26)25(32)29-18-12-6-3-7-13-18/h2-15,21-23,33H,16H2,1H3,(H,28,31)(H,29,32)/t21-,22+,23-,26+/m1/s1. The highest BCUT2D eigenvalue weighted by molar-refractivity contribution is 6.10. The predicted molar refractivity (Wildman–Crippen MR) is 124 cm³/mol. The first-order chi connectivity index (χ1) is 15.9. The van der Waals surface area contributed by atoms with E-state index in [4.69, 9.17) is 0 Å². The minimum absolute atomic E-state index is 0.323. The molecule has 0 bridgehead atoms. The predicted octanol–water partition coefficient (Wildman–Crippen LogP) is 3.40. The van der Waals surface area contributed by atoms with Crippen molar-refractivity contribution in [2.45, 2.75) is 24.9 Å². The minimum Gasteiger partial charge on any atom is -0.389 e. The molecule has 2 aromatic carbocycles. The lowest BCUT2D eigenvalue weighted by Gasteiger charge is -2.44. The third kappa shape index (κ3) is 4.83. The summed E-state index contributed by atoms with van der Waals surface area (Å²) in [5, 5.41) is 16.8. The number of Topliss-reactive ketones (excluding diaryl/α,β-unsaturated/α-hetero) is 1. The van der Waals surface area contributed by atoms with Crippen LogP contribution in [0.15, 0.2) is 85.1 Å². The maximum atomic E-state index is 13.5. The lowest BCUT2D eigenvalue weighted by Crippen LogP contribution is -2.56. The topological polar surface area (TPSA) is 108 Å². The molecule has 4 atom stereocenters. The van der Waals surface area contributed by atoms with Crippen molar-refractivity contribution in [3.05, 3.63) is 90.8 Å². The number of nitrogens with one attached hydrogen (secondary N) is 2. The average Bonchev–Trinajstić information content (AvgIpc) is 2.79. The van der Waals surface area contributed by atoms with Gasteiger partial charge in [0.15, 0.2) is 0 Å². The van der Waals surface area contributed by atoms with Gasteiger partial charge in [-0.05, 0) is 43.3 Å². The van der Waals surface area contributed by atoms with Crippen LogP contribution >= 0.6 is 0 Å². The number of nitrogens with zero attached hydrogens (tertiary/aromatic N) is 1. The fraction of sp³-hybridized carbons (Fsp3) is 0.231. The summed E-state index contributed by atoms with van der Waals surface area (Å²) >= 11 is 0. The van der Waals surface area contributed by atoms with E-state index in [2.05, 4.69) is 15.6 Å². The van der Waals surface area contributed by atoms with E-state index < -0.39 is 41.0 Å². The first-order valence-electron chi connectivity index (χ1n) is 10.7. The second kappa shape index (κ2) is 9.34. The molecule has 0 aliphatic heterocycles. The van der Waals surface area contributed by atoms with Crippen LogP contribution in [0.4, 0.5) is 11.4 Å². The molecular weight excluding hydrogens is 418 g/mol. The number of aromatic nitrogens is 1. The van der Waals surface area contributed by atoms with Crippen molar-refractivity contribution < 1.29 is 19.5 Å². The van der Waals surface area contributed by atoms with E-state index in [-0.39, 0.29) is 6.42 Å². The third-order valence-corrected chi connectivity index (χ3v) is 5.94. The SMILES string of the molecule is C[C@]1(O)CC(=O)[C@H](C(=O)Nc2ccccc2)[C@@H](c2ccccn2)[C@@H]1C(=O)Nc1ccccc1. The quantitative estimate of drug-likeness (QED) is 0.524. The number of carbonyl (C=O) groups excluding carboxylic acids is 3. The summed E-state index contributed by atoms with van der Waals surface area (Å²) in [6.07, 6.45) is 1.22. The molecule has 0 spiro atoms. The lowest BCUT2D eigenvalue weighted by atomic mass is 9.62. The number of carbonyl (C=O) groups is 3. The van der Waals surface area contributed by atoms with Gasteiger partial charge in [0.25, 0.3) is 0 Å². The number of ketones is 1. The molecule has 7 heteroatoms. The van der Waals surface area contributed by atoms with Crippen molar-refractivity contribution in [3.8, 4) is 0 Å². The third-order valence-electron chi connectivity index (χ3n) is 5.94. The van der Waals surface area contributed by atoms with E-state index >= 15 is 0 Å². The molecule has 2 amide bonds. The Morgan fingerprint density at radius 2 is 1.42 bits per heavy atom. The van der Waals surface area contributed by atoms with Gasteiger partial charge < -0.3 is 15.7 Å². The van der Waals surface area contributed by atoms with Crippen LogP contribution in [-0.2, 0) is 14.4 Å². The van der Waals surface area contributed by atoms with Crippen LogP contribution in [0, 0.1) is 11.8 Å². The Hall–Kier alpha value is -3.84. The van der Waals surface area contributed by atoms with Gasteiger partial charge in [0, 0.05) is 35.6 Å². The Bertz CT molecular complexity index is 1130. The molecule has 1 saturated carbocycles. The molecule has 0 unspecified atom stereocenters. The van der Waals surface area contributed by atoms with E-state index in [1.807, 2.05) is 12.1 Å². The van der Waals surface area contributed by atoms with Crippen LogP contribution in [0.2, 0.25) is 0 Å². The van der Waals surface area contributed by atoms with Crippen molar-refractivity contribution >= 4 is 29.0 Å². The normalized spacial score (nSPS) is 24.7. The molecule has 33 heavy (non-hydrogen) atoms. The average molecular weight is 444 g/mol. The molecule has 1 heterocycles. The Balaban J connectivity index is 1.74. The highest BCUT2D eigenvalue weighted by Gasteiger charge is 2.56. The largest absolute Gasteiger partial charge is 0.389 e. The van der Waals surface area contributed by atoms with E-state index in [1.54, 1.807) is 72.9 Å². The van der Waals surface area contributed by atoms with E-state index in [0.29, 0.717) is 17.1 Å². The molecule has 0 saturated heterocycles. The van der Waals surface area contributed by atoms with Crippen LogP contribution < -0.4 is 10.6 Å². The first-order valence-corrected chi connectivity index (χ1v) is 10.7. The van der Waals surface area contributed by atoms with Crippen molar-refractivity contribution in [3.63, 3.8) is 0 Å². The van der Waals surface area contributed by atoms with Crippen LogP contribution in [0.1, 0.15) is 25.0 Å². The smallest absolute Gasteiger partial charge is 0.235 e. The van der Waals surface area contributed by atoms with Gasteiger partial charge >= 0.3 is 0 Å². The summed E-state index contributed by atoms with van der Waals surface area (Å²) < 4.78 is 0. The molecule has 0 radical (unpaired) electrons. The van der Waals surface area contributed by atoms with Gasteiger partial charge in [0.2, 0.25) is 11.8 Å². The number of para-hydroxylation sites is 2. The first kappa shape index (κ1) is 22.4. The second-order valence-electron chi connectivity index (χ2n) is 8.45. The molecule has 1 aliphatic carbocycles. The Morgan fingerprint density at radius 3 is 1.97 bits per heavy atom. The number of amides is 2. The summed E-state index contributed by atoms with van der Waals surface area (Å²) in [5.41, 5.74) is -0.174. The molecule has 1 fully saturated rings. The molecule has 7 nitrogen and oxygen atoms in total. The molecule has 3 aromatic rings. The molecule has 1 aromatic heterocycles. The maximum absolute atomic E-state index is 13.5. The Morgan fingerprint density at radius 1 is 0.879 bits per heavy atom. The number of anilines is 2. The van der Waals surface area contributed by atoms with E-state index in [1.165, 1.54) is 6.92 Å². The number of hydrogen-bond donors (Lipinski definition) is 3. The lowest BCUT2D eigenvalue weighted by molar-refractivity contribution is -0.151. The zero-order valence-corrected chi connectivity index (χ0v) is 18.1. The Kier molecular flexibility index (Phi) is 6.33. The van der Waals surface area contributed by atoms with Gasteiger partial charge in [0.1, 0.15) is 11.7 Å². The summed E-state index contributed by atoms with van der Waals surface area (Å²) in [4.78, 5) is 44.3. The van der Waals surface area contributed by atoms with Crippen molar-refractivity contribution in [1.82, 2.24) is 4.98 Å². The van der Waals surface area contributed by atoms with Crippen molar-refractivity contribution in [2.75, 3.05) is 10.6 Å². The van der Waals surface area contributed by atoms with Gasteiger partial charge in [0.05, 0.1) is 11.5 Å². The molecule has 168 valence electrons. The molecule has 4 rings (SSSR count). The van der Waals surface area contributed by atoms with Crippen molar-refractivity contribution in [1.29, 1.82) is 0 Å². The van der Waals surface area contributed by atoms with Gasteiger partial charge in [-0.3, -0.25) is 19.4 Å². The van der Waals surface area contributed by atoms with Gasteiger partial charge in [-0.2, -0.15) is 0 Å². The fourth-order valence-corrected chi connectivity index (χ4v) is 4.50. The van der Waals surface area contributed by atoms with Crippen LogP contribution in [0.5, 0.6) is 0 Å². The number of pyridine rings is 1. The minimum atomic E-state index is -1.67. The fourth-order valence-electron chi connectivity index (χ4n) is 4.50. The summed E-state index contributed by atoms with van der Waals surface area (Å²) in [6, 6.07) is 22.8. The van der Waals surface area contributed by atoms with E-state index in [0.717, 1.165) is 0 Å². The van der Waals surface area contributed by atoms with Crippen LogP contribution in [0.25, 0.3) is 0 Å². The van der Waals surface area contributed by atoms with Crippen LogP contribution in [-0.4, -0.2) is 33.3 Å². The number of hydrogen-bond acceptors (Lipinski definition) is 5. The van der Waals surface area contributed by atoms with Crippen molar-refractivity contribution in [2.24, 2.45) is 11.8 Å². The van der Waals surface area contributed by atoms with Gasteiger partial charge in [-0.1, -0.05) is 42.5 Å². The second-order valence-corrected chi connectivity index (χ2v) is 8.45. The zero-order chi connectivity index (χ0) is 23.4. The molecule has 1 aliphatic rings. The monoisotopic (exact) mass is 443 g/mol. The summed E-state index contributed by atoms with van der Waals surface area (Å²) in [5.74, 6) is -4.67. The summed E-state index contributed by atoms with van der Waals surface area (Å²) in [6.45, 7) is 1.46. The van der Waals surface area contributed by atoms with Gasteiger partial charge in [-0.25, -0.2) is 0 Å². The molecule has 3 N–H and O–H groups in total. The number of rotatable bonds is 5. The molecular formula is C26H25N3O4. The highest BCUT2D eigenvalue weighted by Crippen LogP contribution is 2.46. The summed E-state index contributed by atoms with van der Waals surface area (Å²) in [7, 11) is 0. The van der Waals surface area contributed by atoms with Crippen LogP contribution in [0.3, 0.4) is 0 Å². The van der Waals surface area contributed by atoms with Gasteiger partial charge in [-0.15, -0.1) is 0 Å². The zero-order valence-electron chi connectivity index (χ0n) is 18.1. The van der Waals surface area contributed by atoms with E-state index in [9.17, 15) is 19.5 Å².